The van der Waals surface area contributed by atoms with Crippen LogP contribution in [-0.2, 0) is 13.1 Å². The van der Waals surface area contributed by atoms with Gasteiger partial charge in [0.25, 0.3) is 5.82 Å². The zero-order valence-electron chi connectivity index (χ0n) is 8.65. The highest BCUT2D eigenvalue weighted by Gasteiger charge is 2.30. The normalized spacial score (nSPS) is 18.3. The van der Waals surface area contributed by atoms with Crippen molar-refractivity contribution >= 4 is 17.4 Å². The van der Waals surface area contributed by atoms with Gasteiger partial charge in [-0.05, 0) is 4.92 Å². The van der Waals surface area contributed by atoms with Crippen LogP contribution in [0.25, 0.3) is 11.6 Å². The fourth-order valence-corrected chi connectivity index (χ4v) is 2.29. The number of fused-ring (bicyclic) bond motifs is 3. The van der Waals surface area contributed by atoms with E-state index in [2.05, 4.69) is 9.97 Å². The molecule has 2 aromatic heterocycles. The van der Waals surface area contributed by atoms with Gasteiger partial charge in [0.15, 0.2) is 0 Å². The summed E-state index contributed by atoms with van der Waals surface area (Å²) in [7, 11) is 0. The van der Waals surface area contributed by atoms with Crippen molar-refractivity contribution in [3.8, 4) is 11.6 Å². The van der Waals surface area contributed by atoms with Crippen LogP contribution < -0.4 is 0 Å². The lowest BCUT2D eigenvalue weighted by Crippen LogP contribution is -2.14. The summed E-state index contributed by atoms with van der Waals surface area (Å²) in [6.07, 6.45) is 4.67. The third kappa shape index (κ3) is 1.50. The van der Waals surface area contributed by atoms with Crippen LogP contribution in [0.5, 0.6) is 0 Å². The molecular formula is C9H8ClN5O2. The van der Waals surface area contributed by atoms with E-state index in [4.69, 9.17) is 11.6 Å². The van der Waals surface area contributed by atoms with Crippen LogP contribution in [0.4, 0.5) is 5.82 Å². The van der Waals surface area contributed by atoms with Crippen molar-refractivity contribution in [3.05, 3.63) is 28.7 Å². The minimum Gasteiger partial charge on any atom is -0.358 e. The van der Waals surface area contributed by atoms with Crippen LogP contribution in [0.3, 0.4) is 0 Å². The number of halogens is 1. The zero-order valence-corrected chi connectivity index (χ0v) is 9.41. The molecule has 88 valence electrons. The average Bonchev–Trinajstić information content (AvgIpc) is 2.82. The van der Waals surface area contributed by atoms with Gasteiger partial charge in [0, 0.05) is 18.9 Å². The van der Waals surface area contributed by atoms with E-state index in [0.717, 1.165) is 0 Å². The predicted octanol–water partition coefficient (Wildman–Crippen LogP) is 1.28. The van der Waals surface area contributed by atoms with Crippen molar-refractivity contribution in [1.29, 1.82) is 0 Å². The summed E-state index contributed by atoms with van der Waals surface area (Å²) in [6, 6.07) is 0. The lowest BCUT2D eigenvalue weighted by molar-refractivity contribution is -0.392. The van der Waals surface area contributed by atoms with Crippen molar-refractivity contribution in [2.75, 3.05) is 0 Å². The topological polar surface area (TPSA) is 78.8 Å². The third-order valence-electron chi connectivity index (χ3n) is 2.71. The number of alkyl halides is 1. The smallest absolute Gasteiger partial charge is 0.343 e. The molecule has 17 heavy (non-hydrogen) atoms. The van der Waals surface area contributed by atoms with Gasteiger partial charge in [-0.2, -0.15) is 0 Å². The molecule has 0 radical (unpaired) electrons. The highest BCUT2D eigenvalue weighted by molar-refractivity contribution is 6.20. The van der Waals surface area contributed by atoms with Gasteiger partial charge in [-0.25, -0.2) is 14.5 Å². The Balaban J connectivity index is 2.23. The fourth-order valence-electron chi connectivity index (χ4n) is 2.00. The molecule has 1 aliphatic heterocycles. The zero-order chi connectivity index (χ0) is 12.0. The van der Waals surface area contributed by atoms with Crippen molar-refractivity contribution in [1.82, 2.24) is 19.1 Å². The lowest BCUT2D eigenvalue weighted by atomic mass is 10.4. The van der Waals surface area contributed by atoms with E-state index in [1.54, 1.807) is 12.4 Å². The van der Waals surface area contributed by atoms with Crippen LogP contribution in [0, 0.1) is 10.1 Å². The molecule has 1 unspecified atom stereocenters. The molecule has 0 spiro atoms. The predicted molar refractivity (Wildman–Crippen MR) is 59.7 cm³/mol. The number of aromatic nitrogens is 4. The standard InChI is InChI=1S/C9H8ClN5O2/c10-6-4-13-2-1-11-8(13)9-12-3-7(15(16)17)14(9)5-6/h1-3,6H,4-5H2. The van der Waals surface area contributed by atoms with Gasteiger partial charge in [0.05, 0.1) is 5.38 Å². The Morgan fingerprint density at radius 1 is 1.41 bits per heavy atom. The Labute approximate surface area is 101 Å². The van der Waals surface area contributed by atoms with Gasteiger partial charge in [0.1, 0.15) is 12.7 Å². The summed E-state index contributed by atoms with van der Waals surface area (Å²) in [5, 5.41) is 10.7. The van der Waals surface area contributed by atoms with Gasteiger partial charge in [-0.15, -0.1) is 11.6 Å². The van der Waals surface area contributed by atoms with E-state index < -0.39 is 4.92 Å². The summed E-state index contributed by atoms with van der Waals surface area (Å²) in [5.74, 6) is 1.05. The van der Waals surface area contributed by atoms with E-state index in [-0.39, 0.29) is 11.2 Å². The third-order valence-corrected chi connectivity index (χ3v) is 2.99. The summed E-state index contributed by atoms with van der Waals surface area (Å²) in [6.45, 7) is 0.925. The average molecular weight is 254 g/mol. The molecule has 2 aromatic rings. The second-order valence-electron chi connectivity index (χ2n) is 3.81. The highest BCUT2D eigenvalue weighted by atomic mass is 35.5. The number of nitro groups is 1. The quantitative estimate of drug-likeness (QED) is 0.436. The first kappa shape index (κ1) is 10.3. The van der Waals surface area contributed by atoms with Gasteiger partial charge >= 0.3 is 5.82 Å². The summed E-state index contributed by atoms with van der Waals surface area (Å²) < 4.78 is 3.36. The molecule has 0 bridgehead atoms. The first-order valence-electron chi connectivity index (χ1n) is 5.02. The molecule has 0 aromatic carbocycles. The van der Waals surface area contributed by atoms with E-state index >= 15 is 0 Å². The molecule has 0 saturated heterocycles. The number of hydrogen-bond acceptors (Lipinski definition) is 4. The molecule has 0 aliphatic carbocycles. The van der Waals surface area contributed by atoms with Gasteiger partial charge in [-0.1, -0.05) is 0 Å². The Morgan fingerprint density at radius 2 is 2.24 bits per heavy atom. The molecule has 3 heterocycles. The van der Waals surface area contributed by atoms with Crippen LogP contribution >= 0.6 is 11.6 Å². The van der Waals surface area contributed by atoms with Crippen LogP contribution in [-0.4, -0.2) is 29.4 Å². The van der Waals surface area contributed by atoms with Gasteiger partial charge in [0.2, 0.25) is 5.82 Å². The first-order chi connectivity index (χ1) is 8.16. The molecule has 7 nitrogen and oxygen atoms in total. The monoisotopic (exact) mass is 253 g/mol. The fraction of sp³-hybridized carbons (Fsp3) is 0.333. The molecule has 8 heteroatoms. The SMILES string of the molecule is O=[N+]([O-])c1cnc2n1CC(Cl)Cn1ccnc1-2. The maximum Gasteiger partial charge on any atom is 0.343 e. The number of nitrogens with zero attached hydrogens (tertiary/aromatic N) is 5. The Hall–Kier alpha value is -1.89. The number of hydrogen-bond donors (Lipinski definition) is 0. The van der Waals surface area contributed by atoms with Crippen molar-refractivity contribution in [2.24, 2.45) is 0 Å². The lowest BCUT2D eigenvalue weighted by Gasteiger charge is -2.05. The summed E-state index contributed by atoms with van der Waals surface area (Å²) >= 11 is 6.15. The molecule has 0 fully saturated rings. The van der Waals surface area contributed by atoms with Gasteiger partial charge < -0.3 is 14.7 Å². The van der Waals surface area contributed by atoms with Crippen LogP contribution in [0.1, 0.15) is 0 Å². The largest absolute Gasteiger partial charge is 0.358 e. The minimum atomic E-state index is -0.460. The highest BCUT2D eigenvalue weighted by Crippen LogP contribution is 2.27. The van der Waals surface area contributed by atoms with E-state index in [1.165, 1.54) is 10.8 Å². The maximum absolute atomic E-state index is 10.9. The molecule has 0 N–H and O–H groups in total. The molecule has 1 aliphatic rings. The van der Waals surface area contributed by atoms with Crippen molar-refractivity contribution < 1.29 is 4.92 Å². The van der Waals surface area contributed by atoms with Crippen LogP contribution in [0.15, 0.2) is 18.6 Å². The summed E-state index contributed by atoms with van der Waals surface area (Å²) in [5.41, 5.74) is 0. The van der Waals surface area contributed by atoms with E-state index in [1.807, 2.05) is 4.57 Å². The van der Waals surface area contributed by atoms with Crippen LogP contribution in [0.2, 0.25) is 0 Å². The number of imidazole rings is 2. The van der Waals surface area contributed by atoms with Gasteiger partial charge in [-0.3, -0.25) is 0 Å². The molecular weight excluding hydrogens is 246 g/mol. The maximum atomic E-state index is 10.9. The first-order valence-corrected chi connectivity index (χ1v) is 5.46. The van der Waals surface area contributed by atoms with Crippen molar-refractivity contribution in [3.63, 3.8) is 0 Å². The minimum absolute atomic E-state index is 0.0536. The van der Waals surface area contributed by atoms with Crippen molar-refractivity contribution in [2.45, 2.75) is 18.5 Å². The summed E-state index contributed by atoms with van der Waals surface area (Å²) in [4.78, 5) is 18.6. The second-order valence-corrected chi connectivity index (χ2v) is 4.43. The van der Waals surface area contributed by atoms with E-state index in [9.17, 15) is 10.1 Å². The number of rotatable bonds is 1. The van der Waals surface area contributed by atoms with E-state index in [0.29, 0.717) is 24.7 Å². The molecule has 0 amide bonds. The molecule has 3 rings (SSSR count). The Morgan fingerprint density at radius 3 is 3.00 bits per heavy atom. The molecule has 1 atom stereocenters. The Bertz CT molecular complexity index is 590. The Kier molecular flexibility index (Phi) is 2.15. The second kappa shape index (κ2) is 3.56. The molecule has 0 saturated carbocycles.